The fourth-order valence-corrected chi connectivity index (χ4v) is 2.10. The number of rotatable bonds is 3. The van der Waals surface area contributed by atoms with E-state index in [4.69, 9.17) is 0 Å². The van der Waals surface area contributed by atoms with Crippen molar-refractivity contribution in [2.24, 2.45) is 0 Å². The van der Waals surface area contributed by atoms with Gasteiger partial charge in [-0.05, 0) is 30.3 Å². The van der Waals surface area contributed by atoms with E-state index in [2.05, 4.69) is 10.3 Å². The van der Waals surface area contributed by atoms with Crippen LogP contribution >= 0.6 is 0 Å². The summed E-state index contributed by atoms with van der Waals surface area (Å²) in [6, 6.07) is 15.0. The molecule has 0 bridgehead atoms. The van der Waals surface area contributed by atoms with Gasteiger partial charge >= 0.3 is 0 Å². The molecule has 2 nitrogen and oxygen atoms in total. The maximum Gasteiger partial charge on any atom is 0.128 e. The highest BCUT2D eigenvalue weighted by Crippen LogP contribution is 2.21. The van der Waals surface area contributed by atoms with E-state index in [1.54, 1.807) is 6.07 Å². The Kier molecular flexibility index (Phi) is 2.73. The van der Waals surface area contributed by atoms with Crippen LogP contribution < -0.4 is 5.32 Å². The average molecular weight is 240 g/mol. The summed E-state index contributed by atoms with van der Waals surface area (Å²) in [6.07, 6.45) is 1.83. The van der Waals surface area contributed by atoms with Gasteiger partial charge in [0.1, 0.15) is 5.82 Å². The lowest BCUT2D eigenvalue weighted by Gasteiger charge is -2.08. The van der Waals surface area contributed by atoms with E-state index < -0.39 is 0 Å². The standard InChI is InChI=1S/C15H13FN2/c16-14-6-7-15-12(8-9-17-15)13(14)10-18-11-4-2-1-3-5-11/h1-9,17-18H,10H2. The summed E-state index contributed by atoms with van der Waals surface area (Å²) < 4.78 is 13.8. The summed E-state index contributed by atoms with van der Waals surface area (Å²) >= 11 is 0. The van der Waals surface area contributed by atoms with Gasteiger partial charge in [0.25, 0.3) is 0 Å². The van der Waals surface area contributed by atoms with Crippen molar-refractivity contribution >= 4 is 16.6 Å². The highest BCUT2D eigenvalue weighted by molar-refractivity contribution is 5.83. The number of aromatic nitrogens is 1. The summed E-state index contributed by atoms with van der Waals surface area (Å²) in [6.45, 7) is 0.477. The van der Waals surface area contributed by atoms with Crippen LogP contribution in [0.5, 0.6) is 0 Å². The third-order valence-electron chi connectivity index (χ3n) is 3.03. The molecule has 0 atom stereocenters. The first kappa shape index (κ1) is 10.8. The molecule has 2 aromatic carbocycles. The van der Waals surface area contributed by atoms with E-state index in [-0.39, 0.29) is 5.82 Å². The van der Waals surface area contributed by atoms with E-state index in [9.17, 15) is 4.39 Å². The predicted molar refractivity (Wildman–Crippen MR) is 72.0 cm³/mol. The summed E-state index contributed by atoms with van der Waals surface area (Å²) in [5.74, 6) is -0.175. The first-order valence-corrected chi connectivity index (χ1v) is 5.88. The van der Waals surface area contributed by atoms with Crippen LogP contribution in [0.3, 0.4) is 0 Å². The molecule has 3 aromatic rings. The molecule has 0 unspecified atom stereocenters. The predicted octanol–water partition coefficient (Wildman–Crippen LogP) is 3.92. The van der Waals surface area contributed by atoms with Gasteiger partial charge in [0.05, 0.1) is 0 Å². The average Bonchev–Trinajstić information content (AvgIpc) is 2.87. The monoisotopic (exact) mass is 240 g/mol. The van der Waals surface area contributed by atoms with E-state index in [0.717, 1.165) is 16.6 Å². The molecule has 0 amide bonds. The Balaban J connectivity index is 1.90. The molecule has 0 saturated heterocycles. The molecule has 0 aliphatic carbocycles. The van der Waals surface area contributed by atoms with E-state index in [0.29, 0.717) is 12.1 Å². The van der Waals surface area contributed by atoms with E-state index in [1.165, 1.54) is 6.07 Å². The maximum atomic E-state index is 13.8. The van der Waals surface area contributed by atoms with Crippen LogP contribution in [-0.4, -0.2) is 4.98 Å². The van der Waals surface area contributed by atoms with Gasteiger partial charge in [-0.2, -0.15) is 0 Å². The van der Waals surface area contributed by atoms with Crippen molar-refractivity contribution < 1.29 is 4.39 Å². The Morgan fingerprint density at radius 2 is 1.83 bits per heavy atom. The largest absolute Gasteiger partial charge is 0.381 e. The Bertz CT molecular complexity index is 659. The zero-order valence-corrected chi connectivity index (χ0v) is 9.78. The number of anilines is 1. The van der Waals surface area contributed by atoms with Gasteiger partial charge in [-0.3, -0.25) is 0 Å². The molecule has 18 heavy (non-hydrogen) atoms. The van der Waals surface area contributed by atoms with Gasteiger partial charge in [-0.1, -0.05) is 18.2 Å². The number of benzene rings is 2. The zero-order valence-electron chi connectivity index (χ0n) is 9.78. The molecular formula is C15H13FN2. The van der Waals surface area contributed by atoms with Gasteiger partial charge in [0.15, 0.2) is 0 Å². The highest BCUT2D eigenvalue weighted by atomic mass is 19.1. The summed E-state index contributed by atoms with van der Waals surface area (Å²) in [5.41, 5.74) is 2.64. The van der Waals surface area contributed by atoms with E-state index in [1.807, 2.05) is 42.6 Å². The second-order valence-electron chi connectivity index (χ2n) is 4.18. The van der Waals surface area contributed by atoms with Crippen molar-refractivity contribution in [1.29, 1.82) is 0 Å². The van der Waals surface area contributed by atoms with Gasteiger partial charge in [-0.15, -0.1) is 0 Å². The van der Waals surface area contributed by atoms with Crippen LogP contribution in [0, 0.1) is 5.82 Å². The minimum Gasteiger partial charge on any atom is -0.381 e. The number of hydrogen-bond acceptors (Lipinski definition) is 1. The summed E-state index contributed by atoms with van der Waals surface area (Å²) in [7, 11) is 0. The number of halogens is 1. The highest BCUT2D eigenvalue weighted by Gasteiger charge is 2.07. The Hall–Kier alpha value is -2.29. The maximum absolute atomic E-state index is 13.8. The fourth-order valence-electron chi connectivity index (χ4n) is 2.10. The molecule has 90 valence electrons. The lowest BCUT2D eigenvalue weighted by molar-refractivity contribution is 0.616. The number of hydrogen-bond donors (Lipinski definition) is 2. The Morgan fingerprint density at radius 1 is 1.00 bits per heavy atom. The minimum absolute atomic E-state index is 0.175. The van der Waals surface area contributed by atoms with Gasteiger partial charge in [0, 0.05) is 34.9 Å². The van der Waals surface area contributed by atoms with Crippen molar-refractivity contribution in [3.8, 4) is 0 Å². The molecule has 0 saturated carbocycles. The number of nitrogens with one attached hydrogen (secondary N) is 2. The third-order valence-corrected chi connectivity index (χ3v) is 3.03. The minimum atomic E-state index is -0.175. The second kappa shape index (κ2) is 4.53. The SMILES string of the molecule is Fc1ccc2[nH]ccc2c1CNc1ccccc1. The number of aromatic amines is 1. The van der Waals surface area contributed by atoms with E-state index >= 15 is 0 Å². The molecule has 1 aromatic heterocycles. The van der Waals surface area contributed by atoms with Crippen molar-refractivity contribution in [3.05, 3.63) is 66.1 Å². The van der Waals surface area contributed by atoms with Crippen molar-refractivity contribution in [2.45, 2.75) is 6.54 Å². The van der Waals surface area contributed by atoms with Crippen LogP contribution in [0.1, 0.15) is 5.56 Å². The molecular weight excluding hydrogens is 227 g/mol. The quantitative estimate of drug-likeness (QED) is 0.713. The third kappa shape index (κ3) is 1.95. The molecule has 1 heterocycles. The molecule has 0 aliphatic heterocycles. The number of para-hydroxylation sites is 1. The Labute approximate surface area is 104 Å². The smallest absolute Gasteiger partial charge is 0.128 e. The van der Waals surface area contributed by atoms with Gasteiger partial charge < -0.3 is 10.3 Å². The van der Waals surface area contributed by atoms with Crippen LogP contribution in [0.25, 0.3) is 10.9 Å². The molecule has 3 heteroatoms. The van der Waals surface area contributed by atoms with Gasteiger partial charge in [0.2, 0.25) is 0 Å². The van der Waals surface area contributed by atoms with Crippen molar-refractivity contribution in [2.75, 3.05) is 5.32 Å². The fraction of sp³-hybridized carbons (Fsp3) is 0.0667. The lowest BCUT2D eigenvalue weighted by Crippen LogP contribution is -2.02. The normalized spacial score (nSPS) is 10.7. The van der Waals surface area contributed by atoms with Crippen LogP contribution in [0.4, 0.5) is 10.1 Å². The first-order chi connectivity index (χ1) is 8.84. The molecule has 0 radical (unpaired) electrons. The Morgan fingerprint density at radius 3 is 2.67 bits per heavy atom. The molecule has 0 aliphatic rings. The topological polar surface area (TPSA) is 27.8 Å². The lowest BCUT2D eigenvalue weighted by atomic mass is 10.1. The molecule has 0 fully saturated rings. The molecule has 2 N–H and O–H groups in total. The second-order valence-corrected chi connectivity index (χ2v) is 4.18. The molecule has 3 rings (SSSR count). The van der Waals surface area contributed by atoms with Crippen molar-refractivity contribution in [3.63, 3.8) is 0 Å². The van der Waals surface area contributed by atoms with Crippen LogP contribution in [-0.2, 0) is 6.54 Å². The van der Waals surface area contributed by atoms with Crippen LogP contribution in [0.2, 0.25) is 0 Å². The summed E-state index contributed by atoms with van der Waals surface area (Å²) in [4.78, 5) is 3.09. The summed E-state index contributed by atoms with van der Waals surface area (Å²) in [5, 5.41) is 4.16. The zero-order chi connectivity index (χ0) is 12.4. The molecule has 0 spiro atoms. The number of fused-ring (bicyclic) bond motifs is 1. The van der Waals surface area contributed by atoms with Crippen molar-refractivity contribution in [1.82, 2.24) is 4.98 Å². The number of H-pyrrole nitrogens is 1. The first-order valence-electron chi connectivity index (χ1n) is 5.88. The van der Waals surface area contributed by atoms with Gasteiger partial charge in [-0.25, -0.2) is 4.39 Å². The van der Waals surface area contributed by atoms with Crippen LogP contribution in [0.15, 0.2) is 54.7 Å².